The third-order valence-electron chi connectivity index (χ3n) is 4.58. The number of benzene rings is 1. The van der Waals surface area contributed by atoms with Gasteiger partial charge in [0.25, 0.3) is 5.91 Å². The van der Waals surface area contributed by atoms with Crippen LogP contribution >= 0.6 is 0 Å². The molecule has 2 aromatic heterocycles. The second-order valence-electron chi connectivity index (χ2n) is 6.30. The van der Waals surface area contributed by atoms with E-state index in [0.29, 0.717) is 36.8 Å². The molecule has 27 heavy (non-hydrogen) atoms. The molecule has 1 aliphatic rings. The summed E-state index contributed by atoms with van der Waals surface area (Å²) < 4.78 is 24.3. The number of pyridine rings is 2. The molecule has 0 N–H and O–H groups in total. The van der Waals surface area contributed by atoms with Gasteiger partial charge in [-0.1, -0.05) is 0 Å². The normalized spacial score (nSPS) is 17.1. The van der Waals surface area contributed by atoms with Crippen molar-refractivity contribution in [2.75, 3.05) is 26.8 Å². The number of carbonyl (C=O) groups is 1. The van der Waals surface area contributed by atoms with Crippen molar-refractivity contribution < 1.29 is 18.7 Å². The highest BCUT2D eigenvalue weighted by molar-refractivity contribution is 5.94. The van der Waals surface area contributed by atoms with Crippen LogP contribution in [0.15, 0.2) is 48.8 Å². The van der Waals surface area contributed by atoms with Crippen LogP contribution < -0.4 is 4.74 Å². The average molecular weight is 367 g/mol. The fraction of sp³-hybridized carbons (Fsp3) is 0.250. The first-order valence-electron chi connectivity index (χ1n) is 8.60. The number of ether oxygens (including phenoxy) is 2. The molecule has 0 spiro atoms. The molecule has 4 rings (SSSR count). The van der Waals surface area contributed by atoms with Crippen LogP contribution in [0.4, 0.5) is 4.39 Å². The van der Waals surface area contributed by atoms with Crippen LogP contribution in [0.1, 0.15) is 22.2 Å². The summed E-state index contributed by atoms with van der Waals surface area (Å²) in [5.41, 5.74) is 1.17. The van der Waals surface area contributed by atoms with Crippen LogP contribution in [-0.2, 0) is 4.74 Å². The molecule has 1 aliphatic heterocycles. The maximum Gasteiger partial charge on any atom is 0.255 e. The monoisotopic (exact) mass is 367 g/mol. The molecule has 6 nitrogen and oxygen atoms in total. The van der Waals surface area contributed by atoms with Gasteiger partial charge in [0.05, 0.1) is 31.5 Å². The summed E-state index contributed by atoms with van der Waals surface area (Å²) in [5, 5.41) is 1.61. The van der Waals surface area contributed by atoms with Crippen molar-refractivity contribution in [2.24, 2.45) is 0 Å². The summed E-state index contributed by atoms with van der Waals surface area (Å²) >= 11 is 0. The Kier molecular flexibility index (Phi) is 4.68. The van der Waals surface area contributed by atoms with Gasteiger partial charge in [-0.05, 0) is 35.7 Å². The van der Waals surface area contributed by atoms with Crippen molar-refractivity contribution in [3.63, 3.8) is 0 Å². The molecule has 1 amide bonds. The molecule has 0 aliphatic carbocycles. The molecule has 0 radical (unpaired) electrons. The number of amides is 1. The number of nitrogens with zero attached hydrogens (tertiary/aromatic N) is 3. The van der Waals surface area contributed by atoms with Crippen LogP contribution in [-0.4, -0.2) is 47.6 Å². The van der Waals surface area contributed by atoms with E-state index in [1.165, 1.54) is 25.4 Å². The lowest BCUT2D eigenvalue weighted by Crippen LogP contribution is -2.42. The summed E-state index contributed by atoms with van der Waals surface area (Å²) in [6, 6.07) is 9.72. The number of fused-ring (bicyclic) bond motifs is 1. The van der Waals surface area contributed by atoms with Gasteiger partial charge in [-0.15, -0.1) is 0 Å². The highest BCUT2D eigenvalue weighted by Gasteiger charge is 2.27. The summed E-state index contributed by atoms with van der Waals surface area (Å²) in [7, 11) is 1.53. The molecule has 138 valence electrons. The minimum Gasteiger partial charge on any atom is -0.481 e. The fourth-order valence-corrected chi connectivity index (χ4v) is 3.13. The van der Waals surface area contributed by atoms with Gasteiger partial charge in [0.15, 0.2) is 0 Å². The lowest BCUT2D eigenvalue weighted by atomic mass is 10.1. The lowest BCUT2D eigenvalue weighted by molar-refractivity contribution is -0.0246. The van der Waals surface area contributed by atoms with Gasteiger partial charge in [-0.3, -0.25) is 9.78 Å². The molecule has 1 aromatic carbocycles. The summed E-state index contributed by atoms with van der Waals surface area (Å²) in [5.74, 6) is 0.0392. The molecular formula is C20H18FN3O3. The molecule has 0 unspecified atom stereocenters. The van der Waals surface area contributed by atoms with Gasteiger partial charge in [0, 0.05) is 30.4 Å². The summed E-state index contributed by atoms with van der Waals surface area (Å²) in [6.07, 6.45) is 2.84. The molecule has 0 bridgehead atoms. The van der Waals surface area contributed by atoms with Gasteiger partial charge >= 0.3 is 0 Å². The Labute approximate surface area is 155 Å². The van der Waals surface area contributed by atoms with Crippen molar-refractivity contribution in [3.05, 3.63) is 65.9 Å². The Bertz CT molecular complexity index is 978. The number of hydrogen-bond acceptors (Lipinski definition) is 5. The molecule has 1 fully saturated rings. The fourth-order valence-electron chi connectivity index (χ4n) is 3.13. The first kappa shape index (κ1) is 17.4. The van der Waals surface area contributed by atoms with Gasteiger partial charge in [0.2, 0.25) is 5.88 Å². The van der Waals surface area contributed by atoms with Crippen molar-refractivity contribution >= 4 is 16.7 Å². The van der Waals surface area contributed by atoms with Crippen molar-refractivity contribution in [1.82, 2.24) is 14.9 Å². The van der Waals surface area contributed by atoms with Gasteiger partial charge in [0.1, 0.15) is 11.9 Å². The molecule has 1 saturated heterocycles. The summed E-state index contributed by atoms with van der Waals surface area (Å²) in [4.78, 5) is 23.0. The SMILES string of the molecule is COc1ccc(C(=O)N2CCO[C@@H](c3cc4cc(F)ccc4cn3)C2)cn1. The average Bonchev–Trinajstić information content (AvgIpc) is 2.73. The number of aromatic nitrogens is 2. The van der Waals surface area contributed by atoms with E-state index in [1.54, 1.807) is 29.3 Å². The quantitative estimate of drug-likeness (QED) is 0.712. The molecule has 3 heterocycles. The van der Waals surface area contributed by atoms with Gasteiger partial charge < -0.3 is 14.4 Å². The Morgan fingerprint density at radius 2 is 2.07 bits per heavy atom. The Hall–Kier alpha value is -3.06. The number of morpholine rings is 1. The molecule has 7 heteroatoms. The van der Waals surface area contributed by atoms with Crippen LogP contribution in [0.2, 0.25) is 0 Å². The number of halogens is 1. The Morgan fingerprint density at radius 1 is 1.19 bits per heavy atom. The maximum absolute atomic E-state index is 13.5. The molecule has 3 aromatic rings. The van der Waals surface area contributed by atoms with E-state index in [1.807, 2.05) is 6.07 Å². The number of hydrogen-bond donors (Lipinski definition) is 0. The Morgan fingerprint density at radius 3 is 2.85 bits per heavy atom. The van der Waals surface area contributed by atoms with Crippen LogP contribution in [0.25, 0.3) is 10.8 Å². The third-order valence-corrected chi connectivity index (χ3v) is 4.58. The minimum atomic E-state index is -0.360. The minimum absolute atomic E-state index is 0.120. The first-order chi connectivity index (χ1) is 13.1. The second-order valence-corrected chi connectivity index (χ2v) is 6.30. The zero-order valence-corrected chi connectivity index (χ0v) is 14.8. The predicted octanol–water partition coefficient (Wildman–Crippen LogP) is 2.99. The topological polar surface area (TPSA) is 64.5 Å². The number of methoxy groups -OCH3 is 1. The van der Waals surface area contributed by atoms with E-state index < -0.39 is 0 Å². The summed E-state index contributed by atoms with van der Waals surface area (Å²) in [6.45, 7) is 1.27. The third kappa shape index (κ3) is 3.59. The highest BCUT2D eigenvalue weighted by atomic mass is 19.1. The van der Waals surface area contributed by atoms with Crippen molar-refractivity contribution in [2.45, 2.75) is 6.10 Å². The van der Waals surface area contributed by atoms with Crippen LogP contribution in [0.5, 0.6) is 5.88 Å². The lowest BCUT2D eigenvalue weighted by Gasteiger charge is -2.32. The molecular weight excluding hydrogens is 349 g/mol. The van der Waals surface area contributed by atoms with E-state index in [4.69, 9.17) is 9.47 Å². The number of carbonyl (C=O) groups excluding carboxylic acids is 1. The van der Waals surface area contributed by atoms with Gasteiger partial charge in [-0.25, -0.2) is 9.37 Å². The zero-order chi connectivity index (χ0) is 18.8. The van der Waals surface area contributed by atoms with Crippen LogP contribution in [0.3, 0.4) is 0 Å². The highest BCUT2D eigenvalue weighted by Crippen LogP contribution is 2.25. The largest absolute Gasteiger partial charge is 0.481 e. The molecule has 0 saturated carbocycles. The van der Waals surface area contributed by atoms with E-state index in [2.05, 4.69) is 9.97 Å². The van der Waals surface area contributed by atoms with E-state index >= 15 is 0 Å². The van der Waals surface area contributed by atoms with Gasteiger partial charge in [-0.2, -0.15) is 0 Å². The van der Waals surface area contributed by atoms with E-state index in [-0.39, 0.29) is 17.8 Å². The van der Waals surface area contributed by atoms with E-state index in [0.717, 1.165) is 10.8 Å². The van der Waals surface area contributed by atoms with E-state index in [9.17, 15) is 9.18 Å². The smallest absolute Gasteiger partial charge is 0.255 e. The van der Waals surface area contributed by atoms with Crippen molar-refractivity contribution in [3.8, 4) is 5.88 Å². The number of rotatable bonds is 3. The first-order valence-corrected chi connectivity index (χ1v) is 8.60. The molecule has 1 atom stereocenters. The zero-order valence-electron chi connectivity index (χ0n) is 14.8. The maximum atomic E-state index is 13.5. The van der Waals surface area contributed by atoms with Crippen molar-refractivity contribution in [1.29, 1.82) is 0 Å². The standard InChI is InChI=1S/C20H18FN3O3/c1-26-19-5-3-14(11-23-19)20(25)24-6-7-27-18(12-24)17-9-15-8-16(21)4-2-13(15)10-22-17/h2-5,8-11,18H,6-7,12H2,1H3/t18-/m1/s1. The van der Waals surface area contributed by atoms with Crippen LogP contribution in [0, 0.1) is 5.82 Å². The second kappa shape index (κ2) is 7.28. The Balaban J connectivity index is 1.54. The predicted molar refractivity (Wildman–Crippen MR) is 97.1 cm³/mol.